The average Bonchev–Trinajstić information content (AvgIpc) is 2.63. The van der Waals surface area contributed by atoms with Crippen molar-refractivity contribution in [2.45, 2.75) is 12.7 Å². The zero-order chi connectivity index (χ0) is 19.0. The van der Waals surface area contributed by atoms with Gasteiger partial charge in [0.05, 0.1) is 12.7 Å². The number of alkyl halides is 3. The van der Waals surface area contributed by atoms with Crippen LogP contribution in [0.4, 0.5) is 23.8 Å². The number of methoxy groups -OCH3 is 1. The van der Waals surface area contributed by atoms with Crippen LogP contribution >= 0.6 is 0 Å². The molecule has 2 rings (SSSR count). The van der Waals surface area contributed by atoms with Gasteiger partial charge >= 0.3 is 12.2 Å². The molecule has 0 saturated carbocycles. The quantitative estimate of drug-likeness (QED) is 0.657. The molecule has 0 aliphatic rings. The Morgan fingerprint density at radius 1 is 1.08 bits per heavy atom. The lowest BCUT2D eigenvalue weighted by molar-refractivity contribution is -0.137. The zero-order valence-electron chi connectivity index (χ0n) is 14.1. The number of rotatable bonds is 7. The summed E-state index contributed by atoms with van der Waals surface area (Å²) >= 11 is 0. The molecule has 0 aliphatic carbocycles. The second-order valence-electron chi connectivity index (χ2n) is 5.31. The molecule has 0 bridgehead atoms. The summed E-state index contributed by atoms with van der Waals surface area (Å²) in [6.07, 6.45) is -3.65. The summed E-state index contributed by atoms with van der Waals surface area (Å²) < 4.78 is 42.3. The molecular formula is C17H19F3N4O2. The van der Waals surface area contributed by atoms with E-state index < -0.39 is 11.7 Å². The highest BCUT2D eigenvalue weighted by atomic mass is 19.4. The van der Waals surface area contributed by atoms with Crippen molar-refractivity contribution >= 4 is 11.8 Å². The molecule has 1 aromatic carbocycles. The van der Waals surface area contributed by atoms with Crippen LogP contribution < -0.4 is 20.7 Å². The lowest BCUT2D eigenvalue weighted by atomic mass is 10.2. The maximum Gasteiger partial charge on any atom is 0.417 e. The minimum Gasteiger partial charge on any atom is -0.497 e. The Balaban J connectivity index is 1.65. The van der Waals surface area contributed by atoms with Gasteiger partial charge in [-0.15, -0.1) is 0 Å². The van der Waals surface area contributed by atoms with E-state index in [1.165, 1.54) is 6.07 Å². The van der Waals surface area contributed by atoms with E-state index in [1.807, 2.05) is 12.1 Å². The van der Waals surface area contributed by atoms with Gasteiger partial charge in [-0.05, 0) is 29.8 Å². The number of carbonyl (C=O) groups excluding carboxylic acids is 1. The number of anilines is 1. The summed E-state index contributed by atoms with van der Waals surface area (Å²) in [5.74, 6) is 1.04. The van der Waals surface area contributed by atoms with E-state index in [-0.39, 0.29) is 12.6 Å². The van der Waals surface area contributed by atoms with Crippen molar-refractivity contribution in [3.8, 4) is 5.75 Å². The first-order chi connectivity index (χ1) is 12.4. The van der Waals surface area contributed by atoms with Crippen LogP contribution in [0.1, 0.15) is 11.1 Å². The van der Waals surface area contributed by atoms with Gasteiger partial charge in [-0.25, -0.2) is 9.78 Å². The van der Waals surface area contributed by atoms with Crippen molar-refractivity contribution in [1.29, 1.82) is 0 Å². The topological polar surface area (TPSA) is 75.3 Å². The second-order valence-corrected chi connectivity index (χ2v) is 5.31. The third kappa shape index (κ3) is 6.15. The standard InChI is InChI=1S/C17H19F3N4O2/c1-26-14-5-2-12(3-6-14)10-24-16(25)22-9-8-21-15-7-4-13(11-23-15)17(18,19)20/h2-7,11H,8-10H2,1H3,(H,21,23)(H2,22,24,25). The number of hydrogen-bond acceptors (Lipinski definition) is 4. The van der Waals surface area contributed by atoms with E-state index >= 15 is 0 Å². The molecule has 2 aromatic rings. The molecule has 1 aromatic heterocycles. The number of benzene rings is 1. The van der Waals surface area contributed by atoms with Crippen LogP contribution in [-0.2, 0) is 12.7 Å². The van der Waals surface area contributed by atoms with Gasteiger partial charge in [-0.2, -0.15) is 13.2 Å². The Morgan fingerprint density at radius 2 is 1.81 bits per heavy atom. The minimum atomic E-state index is -4.41. The fourth-order valence-electron chi connectivity index (χ4n) is 2.02. The molecule has 0 aliphatic heterocycles. The molecule has 0 spiro atoms. The fraction of sp³-hybridized carbons (Fsp3) is 0.294. The summed E-state index contributed by atoms with van der Waals surface area (Å²) in [5.41, 5.74) is 0.118. The molecule has 0 radical (unpaired) electrons. The lowest BCUT2D eigenvalue weighted by Gasteiger charge is -2.10. The third-order valence-corrected chi connectivity index (χ3v) is 3.42. The van der Waals surface area contributed by atoms with E-state index in [2.05, 4.69) is 20.9 Å². The number of aromatic nitrogens is 1. The highest BCUT2D eigenvalue weighted by Gasteiger charge is 2.30. The molecule has 1 heterocycles. The van der Waals surface area contributed by atoms with E-state index in [0.717, 1.165) is 23.6 Å². The summed E-state index contributed by atoms with van der Waals surface area (Å²) in [6, 6.07) is 9.14. The summed E-state index contributed by atoms with van der Waals surface area (Å²) in [5, 5.41) is 8.17. The van der Waals surface area contributed by atoms with E-state index in [1.54, 1.807) is 19.2 Å². The summed E-state index contributed by atoms with van der Waals surface area (Å²) in [4.78, 5) is 15.4. The van der Waals surface area contributed by atoms with Crippen molar-refractivity contribution < 1.29 is 22.7 Å². The minimum absolute atomic E-state index is 0.289. The SMILES string of the molecule is COc1ccc(CNC(=O)NCCNc2ccc(C(F)(F)F)cn2)cc1. The highest BCUT2D eigenvalue weighted by Crippen LogP contribution is 2.28. The van der Waals surface area contributed by atoms with Crippen molar-refractivity contribution in [3.63, 3.8) is 0 Å². The van der Waals surface area contributed by atoms with Gasteiger partial charge in [0.2, 0.25) is 0 Å². The smallest absolute Gasteiger partial charge is 0.417 e. The van der Waals surface area contributed by atoms with E-state index in [9.17, 15) is 18.0 Å². The number of ether oxygens (including phenoxy) is 1. The Morgan fingerprint density at radius 3 is 2.38 bits per heavy atom. The third-order valence-electron chi connectivity index (χ3n) is 3.42. The van der Waals surface area contributed by atoms with Crippen molar-refractivity contribution in [2.75, 3.05) is 25.5 Å². The molecule has 140 valence electrons. The molecule has 0 unspecified atom stereocenters. The number of nitrogens with one attached hydrogen (secondary N) is 3. The molecular weight excluding hydrogens is 349 g/mol. The van der Waals surface area contributed by atoms with Gasteiger partial charge in [0.1, 0.15) is 11.6 Å². The Labute approximate surface area is 148 Å². The van der Waals surface area contributed by atoms with Gasteiger partial charge in [-0.1, -0.05) is 12.1 Å². The Bertz CT molecular complexity index is 703. The molecule has 9 heteroatoms. The van der Waals surface area contributed by atoms with E-state index in [4.69, 9.17) is 4.74 Å². The first kappa shape index (κ1) is 19.4. The van der Waals surface area contributed by atoms with Crippen molar-refractivity contribution in [3.05, 3.63) is 53.7 Å². The van der Waals surface area contributed by atoms with Crippen LogP contribution in [0.25, 0.3) is 0 Å². The van der Waals surface area contributed by atoms with E-state index in [0.29, 0.717) is 18.9 Å². The number of nitrogens with zero attached hydrogens (tertiary/aromatic N) is 1. The number of carbonyl (C=O) groups is 1. The summed E-state index contributed by atoms with van der Waals surface area (Å²) in [7, 11) is 1.58. The van der Waals surface area contributed by atoms with Crippen molar-refractivity contribution in [1.82, 2.24) is 15.6 Å². The van der Waals surface area contributed by atoms with Crippen LogP contribution in [0.5, 0.6) is 5.75 Å². The van der Waals surface area contributed by atoms with Gasteiger partial charge in [-0.3, -0.25) is 0 Å². The largest absolute Gasteiger partial charge is 0.497 e. The monoisotopic (exact) mass is 368 g/mol. The van der Waals surface area contributed by atoms with Crippen LogP contribution in [-0.4, -0.2) is 31.2 Å². The Kier molecular flexibility index (Phi) is 6.65. The predicted molar refractivity (Wildman–Crippen MR) is 91.0 cm³/mol. The molecule has 26 heavy (non-hydrogen) atoms. The van der Waals surface area contributed by atoms with Crippen molar-refractivity contribution in [2.24, 2.45) is 0 Å². The maximum atomic E-state index is 12.4. The molecule has 0 atom stereocenters. The van der Waals surface area contributed by atoms with Gasteiger partial charge in [0, 0.05) is 25.8 Å². The Hall–Kier alpha value is -2.97. The first-order valence-electron chi connectivity index (χ1n) is 7.80. The second kappa shape index (κ2) is 8.93. The molecule has 3 N–H and O–H groups in total. The fourth-order valence-corrected chi connectivity index (χ4v) is 2.02. The predicted octanol–water partition coefficient (Wildman–Crippen LogP) is 3.02. The number of halogens is 3. The van der Waals surface area contributed by atoms with Crippen LogP contribution in [0.15, 0.2) is 42.6 Å². The van der Waals surface area contributed by atoms with Gasteiger partial charge < -0.3 is 20.7 Å². The summed E-state index contributed by atoms with van der Waals surface area (Å²) in [6.45, 7) is 0.981. The first-order valence-corrected chi connectivity index (χ1v) is 7.80. The van der Waals surface area contributed by atoms with Gasteiger partial charge in [0.25, 0.3) is 0 Å². The van der Waals surface area contributed by atoms with Crippen LogP contribution in [0.3, 0.4) is 0 Å². The molecule has 0 fully saturated rings. The highest BCUT2D eigenvalue weighted by molar-refractivity contribution is 5.73. The van der Waals surface area contributed by atoms with Crippen LogP contribution in [0, 0.1) is 0 Å². The number of amides is 2. The van der Waals surface area contributed by atoms with Crippen LogP contribution in [0.2, 0.25) is 0 Å². The van der Waals surface area contributed by atoms with Gasteiger partial charge in [0.15, 0.2) is 0 Å². The maximum absolute atomic E-state index is 12.4. The number of pyridine rings is 1. The molecule has 2 amide bonds. The average molecular weight is 368 g/mol. The zero-order valence-corrected chi connectivity index (χ0v) is 14.1. The number of hydrogen-bond donors (Lipinski definition) is 3. The number of urea groups is 1. The lowest BCUT2D eigenvalue weighted by Crippen LogP contribution is -2.37. The molecule has 0 saturated heterocycles. The molecule has 6 nitrogen and oxygen atoms in total. The normalized spacial score (nSPS) is 10.9.